The first kappa shape index (κ1) is 15.2. The van der Waals surface area contributed by atoms with E-state index >= 15 is 0 Å². The summed E-state index contributed by atoms with van der Waals surface area (Å²) in [6, 6.07) is 7.18. The molecule has 3 nitrogen and oxygen atoms in total. The van der Waals surface area contributed by atoms with Crippen molar-refractivity contribution in [3.63, 3.8) is 0 Å². The summed E-state index contributed by atoms with van der Waals surface area (Å²) in [6.07, 6.45) is 1.54. The average Bonchev–Trinajstić information content (AvgIpc) is 2.36. The van der Waals surface area contributed by atoms with Gasteiger partial charge in [-0.2, -0.15) is 0 Å². The molecule has 7 heteroatoms. The van der Waals surface area contributed by atoms with Crippen LogP contribution in [-0.4, -0.2) is 10.9 Å². The predicted octanol–water partition coefficient (Wildman–Crippen LogP) is 5.12. The molecule has 19 heavy (non-hydrogen) atoms. The maximum atomic E-state index is 12.1. The number of pyridine rings is 1. The molecule has 1 aromatic carbocycles. The van der Waals surface area contributed by atoms with Gasteiger partial charge in [-0.15, -0.1) is 0 Å². The van der Waals surface area contributed by atoms with Crippen molar-refractivity contribution in [2.45, 2.75) is 0 Å². The molecule has 0 aliphatic heterocycles. The number of hydrogen-bond acceptors (Lipinski definition) is 2. The van der Waals surface area contributed by atoms with E-state index in [9.17, 15) is 4.79 Å². The van der Waals surface area contributed by atoms with Gasteiger partial charge in [-0.25, -0.2) is 4.98 Å². The lowest BCUT2D eigenvalue weighted by atomic mass is 10.2. The molecule has 1 aromatic heterocycles. The molecule has 0 saturated heterocycles. The number of nitrogens with zero attached hydrogens (tertiary/aromatic N) is 1. The van der Waals surface area contributed by atoms with Gasteiger partial charge in [0.05, 0.1) is 5.56 Å². The van der Waals surface area contributed by atoms with Crippen LogP contribution in [0.2, 0.25) is 5.15 Å². The van der Waals surface area contributed by atoms with Crippen molar-refractivity contribution in [3.05, 3.63) is 53.7 Å². The third kappa shape index (κ3) is 3.90. The van der Waals surface area contributed by atoms with Gasteiger partial charge in [0.15, 0.2) is 0 Å². The first-order chi connectivity index (χ1) is 8.97. The van der Waals surface area contributed by atoms with Crippen molar-refractivity contribution >= 4 is 77.6 Å². The Labute approximate surface area is 145 Å². The van der Waals surface area contributed by atoms with Gasteiger partial charge < -0.3 is 5.32 Å². The number of carbonyl (C=O) groups excluding carboxylic acids is 1. The Morgan fingerprint density at radius 3 is 2.74 bits per heavy atom. The number of carbonyl (C=O) groups is 1. The van der Waals surface area contributed by atoms with Gasteiger partial charge in [-0.3, -0.25) is 4.79 Å². The predicted molar refractivity (Wildman–Crippen MR) is 91.8 cm³/mol. The molecule has 0 spiro atoms. The molecular formula is C12H6Br2ClIN2O. The molecule has 1 N–H and O–H groups in total. The van der Waals surface area contributed by atoms with Gasteiger partial charge in [0.1, 0.15) is 5.15 Å². The Bertz CT molecular complexity index is 652. The highest BCUT2D eigenvalue weighted by Crippen LogP contribution is 2.24. The second kappa shape index (κ2) is 6.51. The molecule has 0 aliphatic rings. The summed E-state index contributed by atoms with van der Waals surface area (Å²) in [4.78, 5) is 16.0. The van der Waals surface area contributed by atoms with Crippen molar-refractivity contribution in [2.75, 3.05) is 5.32 Å². The number of aromatic nitrogens is 1. The highest BCUT2D eigenvalue weighted by molar-refractivity contribution is 14.1. The second-order valence-electron chi connectivity index (χ2n) is 3.57. The van der Waals surface area contributed by atoms with Crippen LogP contribution in [0.4, 0.5) is 5.69 Å². The average molecular weight is 516 g/mol. The second-order valence-corrected chi connectivity index (χ2v) is 6.87. The number of benzene rings is 1. The van der Waals surface area contributed by atoms with Crippen LogP contribution in [0.5, 0.6) is 0 Å². The van der Waals surface area contributed by atoms with Gasteiger partial charge in [0.2, 0.25) is 0 Å². The molecule has 1 heterocycles. The SMILES string of the molecule is O=C(Nc1ccc(Br)c(I)c1)c1cc(Br)cnc1Cl. The minimum atomic E-state index is -0.295. The van der Waals surface area contributed by atoms with Crippen LogP contribution in [0.15, 0.2) is 39.4 Å². The topological polar surface area (TPSA) is 42.0 Å². The fourth-order valence-electron chi connectivity index (χ4n) is 1.35. The van der Waals surface area contributed by atoms with E-state index in [0.717, 1.165) is 8.04 Å². The van der Waals surface area contributed by atoms with Crippen molar-refractivity contribution in [3.8, 4) is 0 Å². The molecular weight excluding hydrogens is 510 g/mol. The summed E-state index contributed by atoms with van der Waals surface area (Å²) in [5.41, 5.74) is 1.03. The Kier molecular flexibility index (Phi) is 5.22. The van der Waals surface area contributed by atoms with E-state index in [1.807, 2.05) is 18.2 Å². The summed E-state index contributed by atoms with van der Waals surface area (Å²) in [6.45, 7) is 0. The highest BCUT2D eigenvalue weighted by atomic mass is 127. The fraction of sp³-hybridized carbons (Fsp3) is 0. The van der Waals surface area contributed by atoms with Crippen molar-refractivity contribution < 1.29 is 4.79 Å². The number of rotatable bonds is 2. The van der Waals surface area contributed by atoms with Crippen molar-refractivity contribution in [1.29, 1.82) is 0 Å². The lowest BCUT2D eigenvalue weighted by Crippen LogP contribution is -2.13. The quantitative estimate of drug-likeness (QED) is 0.445. The molecule has 0 atom stereocenters. The summed E-state index contributed by atoms with van der Waals surface area (Å²) in [5, 5.41) is 2.96. The maximum Gasteiger partial charge on any atom is 0.258 e. The maximum absolute atomic E-state index is 12.1. The zero-order chi connectivity index (χ0) is 14.0. The molecule has 0 saturated carbocycles. The van der Waals surface area contributed by atoms with Crippen molar-refractivity contribution in [1.82, 2.24) is 4.98 Å². The number of hydrogen-bond donors (Lipinski definition) is 1. The number of anilines is 1. The van der Waals surface area contributed by atoms with Crippen LogP contribution in [0, 0.1) is 3.57 Å². The number of halogens is 4. The molecule has 0 bridgehead atoms. The third-order valence-corrected chi connectivity index (χ3v) is 5.29. The zero-order valence-corrected chi connectivity index (χ0v) is 15.3. The van der Waals surface area contributed by atoms with Crippen LogP contribution in [-0.2, 0) is 0 Å². The fourth-order valence-corrected chi connectivity index (χ4v) is 2.64. The zero-order valence-electron chi connectivity index (χ0n) is 9.25. The van der Waals surface area contributed by atoms with Gasteiger partial charge in [0.25, 0.3) is 5.91 Å². The molecule has 2 aromatic rings. The van der Waals surface area contributed by atoms with Gasteiger partial charge in [-0.1, -0.05) is 11.6 Å². The van der Waals surface area contributed by atoms with Crippen LogP contribution < -0.4 is 5.32 Å². The Morgan fingerprint density at radius 2 is 2.05 bits per heavy atom. The van der Waals surface area contributed by atoms with Crippen LogP contribution >= 0.6 is 66.1 Å². The van der Waals surface area contributed by atoms with Crippen LogP contribution in [0.25, 0.3) is 0 Å². The highest BCUT2D eigenvalue weighted by Gasteiger charge is 2.12. The summed E-state index contributed by atoms with van der Waals surface area (Å²) in [7, 11) is 0. The molecule has 1 amide bonds. The Morgan fingerprint density at radius 1 is 1.32 bits per heavy atom. The number of nitrogens with one attached hydrogen (secondary N) is 1. The van der Waals surface area contributed by atoms with E-state index in [1.54, 1.807) is 12.3 Å². The Hall–Kier alpha value is -0.180. The van der Waals surface area contributed by atoms with E-state index in [0.29, 0.717) is 15.7 Å². The van der Waals surface area contributed by atoms with E-state index in [-0.39, 0.29) is 11.1 Å². The van der Waals surface area contributed by atoms with E-state index in [1.165, 1.54) is 0 Å². The summed E-state index contributed by atoms with van der Waals surface area (Å²) < 4.78 is 2.69. The van der Waals surface area contributed by atoms with E-state index in [4.69, 9.17) is 11.6 Å². The standard InChI is InChI=1S/C12H6Br2ClIN2O/c13-6-3-8(11(15)17-5-6)12(19)18-7-1-2-9(14)10(16)4-7/h1-5H,(H,18,19). The van der Waals surface area contributed by atoms with E-state index < -0.39 is 0 Å². The lowest BCUT2D eigenvalue weighted by molar-refractivity contribution is 0.102. The molecule has 2 rings (SSSR count). The van der Waals surface area contributed by atoms with Gasteiger partial charge in [0, 0.05) is 24.4 Å². The first-order valence-electron chi connectivity index (χ1n) is 5.05. The lowest BCUT2D eigenvalue weighted by Gasteiger charge is -2.07. The van der Waals surface area contributed by atoms with Crippen LogP contribution in [0.3, 0.4) is 0 Å². The normalized spacial score (nSPS) is 10.3. The third-order valence-electron chi connectivity index (χ3n) is 2.23. The number of amides is 1. The molecule has 0 aliphatic carbocycles. The molecule has 98 valence electrons. The minimum Gasteiger partial charge on any atom is -0.322 e. The molecule has 0 fully saturated rings. The van der Waals surface area contributed by atoms with Gasteiger partial charge >= 0.3 is 0 Å². The largest absolute Gasteiger partial charge is 0.322 e. The Balaban J connectivity index is 2.25. The first-order valence-corrected chi connectivity index (χ1v) is 8.09. The summed E-state index contributed by atoms with van der Waals surface area (Å²) >= 11 is 14.8. The molecule has 0 unspecified atom stereocenters. The van der Waals surface area contributed by atoms with Crippen molar-refractivity contribution in [2.24, 2.45) is 0 Å². The smallest absolute Gasteiger partial charge is 0.258 e. The molecule has 0 radical (unpaired) electrons. The monoisotopic (exact) mass is 514 g/mol. The summed E-state index contributed by atoms with van der Waals surface area (Å²) in [5.74, 6) is -0.295. The van der Waals surface area contributed by atoms with Gasteiger partial charge in [-0.05, 0) is 78.7 Å². The van der Waals surface area contributed by atoms with E-state index in [2.05, 4.69) is 64.8 Å². The van der Waals surface area contributed by atoms with Crippen LogP contribution in [0.1, 0.15) is 10.4 Å². The minimum absolute atomic E-state index is 0.174.